The quantitative estimate of drug-likeness (QED) is 0.379. The van der Waals surface area contributed by atoms with E-state index in [-0.39, 0.29) is 0 Å². The first-order valence-corrected chi connectivity index (χ1v) is 11.8. The molecule has 0 bridgehead atoms. The number of fused-ring (bicyclic) bond motifs is 11. The number of benzene rings is 4. The molecule has 1 fully saturated rings. The number of carbonyl (C=O) groups excluding carboxylic acids is 2. The van der Waals surface area contributed by atoms with Gasteiger partial charge in [-0.3, -0.25) is 9.80 Å². The first kappa shape index (κ1) is 20.9. The summed E-state index contributed by atoms with van der Waals surface area (Å²) in [6.45, 7) is 0.663. The molecule has 2 amide bonds. The van der Waals surface area contributed by atoms with Gasteiger partial charge in [0, 0.05) is 24.2 Å². The molecule has 1 saturated heterocycles. The van der Waals surface area contributed by atoms with Gasteiger partial charge < -0.3 is 18.9 Å². The van der Waals surface area contributed by atoms with Gasteiger partial charge >= 0.3 is 12.2 Å². The van der Waals surface area contributed by atoms with Gasteiger partial charge in [0.1, 0.15) is 23.0 Å². The van der Waals surface area contributed by atoms with Crippen molar-refractivity contribution in [3.05, 3.63) is 71.8 Å². The van der Waals surface area contributed by atoms with Crippen LogP contribution in [-0.4, -0.2) is 49.3 Å². The second-order valence-electron chi connectivity index (χ2n) is 9.14. The van der Waals surface area contributed by atoms with Crippen LogP contribution in [0.15, 0.2) is 60.7 Å². The zero-order chi connectivity index (χ0) is 24.6. The maximum absolute atomic E-state index is 13.2. The molecular formula is C28H22N2O6. The lowest BCUT2D eigenvalue weighted by Gasteiger charge is -2.51. The van der Waals surface area contributed by atoms with E-state index in [1.807, 2.05) is 60.7 Å². The van der Waals surface area contributed by atoms with Crippen LogP contribution in [0.2, 0.25) is 0 Å². The molecule has 0 saturated carbocycles. The van der Waals surface area contributed by atoms with Crippen LogP contribution in [0, 0.1) is 0 Å². The SMILES string of the molecule is COc1ccc2ccc3c(c2c1)[C@@H]1[C@H]2c4c(ccc5ccc(OC)cc45)OC(=O)N2CCN1C(=O)O3. The minimum absolute atomic E-state index is 0.332. The number of nitrogens with zero attached hydrogens (tertiary/aromatic N) is 2. The van der Waals surface area contributed by atoms with Crippen molar-refractivity contribution < 1.29 is 28.5 Å². The highest BCUT2D eigenvalue weighted by molar-refractivity contribution is 5.95. The van der Waals surface area contributed by atoms with E-state index in [1.165, 1.54) is 0 Å². The fraction of sp³-hybridized carbons (Fsp3) is 0.214. The van der Waals surface area contributed by atoms with Crippen molar-refractivity contribution in [1.82, 2.24) is 9.80 Å². The number of ether oxygens (including phenoxy) is 4. The molecule has 36 heavy (non-hydrogen) atoms. The maximum Gasteiger partial charge on any atom is 0.415 e. The third kappa shape index (κ3) is 2.81. The van der Waals surface area contributed by atoms with Crippen molar-refractivity contribution in [2.24, 2.45) is 0 Å². The van der Waals surface area contributed by atoms with Crippen molar-refractivity contribution in [3.63, 3.8) is 0 Å². The van der Waals surface area contributed by atoms with Gasteiger partial charge in [-0.2, -0.15) is 0 Å². The van der Waals surface area contributed by atoms with Gasteiger partial charge in [-0.05, 0) is 57.9 Å². The minimum Gasteiger partial charge on any atom is -0.497 e. The molecule has 0 spiro atoms. The standard InChI is InChI=1S/C28H22N2O6/c1-33-17-7-3-15-5-9-21-23(19(15)13-17)25-26-24-20-14-18(34-2)8-4-16(20)6-10-22(24)36-28(32)30(26)12-11-29(25)27(31)35-21/h3-10,13-14,25-26H,11-12H2,1-2H3/t25-,26-/m1/s1. The van der Waals surface area contributed by atoms with Crippen molar-refractivity contribution in [2.45, 2.75) is 12.1 Å². The summed E-state index contributed by atoms with van der Waals surface area (Å²) in [6.07, 6.45) is -0.847. The normalized spacial score (nSPS) is 20.2. The molecule has 8 nitrogen and oxygen atoms in total. The Kier molecular flexibility index (Phi) is 4.36. The second kappa shape index (κ2) is 7.52. The molecule has 3 heterocycles. The van der Waals surface area contributed by atoms with Gasteiger partial charge in [0.05, 0.1) is 26.3 Å². The van der Waals surface area contributed by atoms with E-state index in [1.54, 1.807) is 24.0 Å². The van der Waals surface area contributed by atoms with Crippen molar-refractivity contribution in [2.75, 3.05) is 27.3 Å². The highest BCUT2D eigenvalue weighted by atomic mass is 16.6. The molecule has 180 valence electrons. The highest BCUT2D eigenvalue weighted by Crippen LogP contribution is 2.54. The Balaban J connectivity index is 1.55. The average Bonchev–Trinajstić information content (AvgIpc) is 2.91. The van der Waals surface area contributed by atoms with Gasteiger partial charge in [0.2, 0.25) is 0 Å². The number of methoxy groups -OCH3 is 2. The van der Waals surface area contributed by atoms with Crippen molar-refractivity contribution in [1.29, 1.82) is 0 Å². The molecule has 3 aliphatic heterocycles. The van der Waals surface area contributed by atoms with E-state index in [2.05, 4.69) is 0 Å². The lowest BCUT2D eigenvalue weighted by molar-refractivity contribution is 0.0131. The summed E-state index contributed by atoms with van der Waals surface area (Å²) in [5.74, 6) is 2.38. The molecule has 0 aromatic heterocycles. The molecular weight excluding hydrogens is 460 g/mol. The van der Waals surface area contributed by atoms with E-state index in [0.29, 0.717) is 36.1 Å². The topological polar surface area (TPSA) is 77.5 Å². The van der Waals surface area contributed by atoms with Crippen LogP contribution in [0.5, 0.6) is 23.0 Å². The molecule has 4 aromatic carbocycles. The zero-order valence-corrected chi connectivity index (χ0v) is 19.7. The van der Waals surface area contributed by atoms with Crippen LogP contribution in [0.25, 0.3) is 21.5 Å². The van der Waals surface area contributed by atoms with Gasteiger partial charge in [-0.25, -0.2) is 9.59 Å². The molecule has 8 heteroatoms. The van der Waals surface area contributed by atoms with Gasteiger partial charge in [-0.15, -0.1) is 0 Å². The minimum atomic E-state index is -0.478. The molecule has 4 aromatic rings. The van der Waals surface area contributed by atoms with Crippen molar-refractivity contribution >= 4 is 33.7 Å². The molecule has 0 aliphatic carbocycles. The molecule has 0 unspecified atom stereocenters. The number of piperazine rings is 1. The predicted octanol–water partition coefficient (Wildman–Crippen LogP) is 5.44. The molecule has 3 aliphatic rings. The molecule has 0 radical (unpaired) electrons. The average molecular weight is 482 g/mol. The van der Waals surface area contributed by atoms with Gasteiger partial charge in [-0.1, -0.05) is 24.3 Å². The van der Waals surface area contributed by atoms with Crippen molar-refractivity contribution in [3.8, 4) is 23.0 Å². The van der Waals surface area contributed by atoms with E-state index in [0.717, 1.165) is 32.7 Å². The number of hydrogen-bond donors (Lipinski definition) is 0. The summed E-state index contributed by atoms with van der Waals surface area (Å²) >= 11 is 0. The van der Waals surface area contributed by atoms with Crippen LogP contribution < -0.4 is 18.9 Å². The lowest BCUT2D eigenvalue weighted by atomic mass is 9.82. The summed E-state index contributed by atoms with van der Waals surface area (Å²) < 4.78 is 22.6. The number of amides is 2. The fourth-order valence-corrected chi connectivity index (χ4v) is 5.82. The van der Waals surface area contributed by atoms with E-state index >= 15 is 0 Å². The molecule has 2 atom stereocenters. The fourth-order valence-electron chi connectivity index (χ4n) is 5.82. The Hall–Kier alpha value is -4.46. The van der Waals surface area contributed by atoms with Crippen LogP contribution in [0.4, 0.5) is 9.59 Å². The first-order chi connectivity index (χ1) is 17.6. The van der Waals surface area contributed by atoms with Crippen LogP contribution in [0.3, 0.4) is 0 Å². The van der Waals surface area contributed by atoms with Crippen LogP contribution in [0.1, 0.15) is 23.2 Å². The summed E-state index contributed by atoms with van der Waals surface area (Å²) in [5.41, 5.74) is 1.70. The van der Waals surface area contributed by atoms with Gasteiger partial charge in [0.25, 0.3) is 0 Å². The Morgan fingerprint density at radius 1 is 0.667 bits per heavy atom. The first-order valence-electron chi connectivity index (χ1n) is 11.8. The summed E-state index contributed by atoms with van der Waals surface area (Å²) in [7, 11) is 3.25. The lowest BCUT2D eigenvalue weighted by Crippen LogP contribution is -2.58. The third-order valence-corrected chi connectivity index (χ3v) is 7.47. The number of carbonyl (C=O) groups is 2. The Morgan fingerprint density at radius 2 is 1.08 bits per heavy atom. The Bertz CT molecular complexity index is 1480. The zero-order valence-electron chi connectivity index (χ0n) is 19.7. The third-order valence-electron chi connectivity index (χ3n) is 7.47. The Morgan fingerprint density at radius 3 is 1.50 bits per heavy atom. The smallest absolute Gasteiger partial charge is 0.415 e. The van der Waals surface area contributed by atoms with E-state index in [4.69, 9.17) is 18.9 Å². The molecule has 7 rings (SSSR count). The number of rotatable bonds is 2. The van der Waals surface area contributed by atoms with Gasteiger partial charge in [0.15, 0.2) is 0 Å². The van der Waals surface area contributed by atoms with E-state index in [9.17, 15) is 9.59 Å². The summed E-state index contributed by atoms with van der Waals surface area (Å²) in [4.78, 5) is 29.9. The van der Waals surface area contributed by atoms with Crippen LogP contribution >= 0.6 is 0 Å². The monoisotopic (exact) mass is 482 g/mol. The Labute approximate surface area is 206 Å². The second-order valence-corrected chi connectivity index (χ2v) is 9.14. The highest BCUT2D eigenvalue weighted by Gasteiger charge is 2.51. The van der Waals surface area contributed by atoms with E-state index < -0.39 is 24.3 Å². The number of hydrogen-bond acceptors (Lipinski definition) is 6. The summed E-state index contributed by atoms with van der Waals surface area (Å²) in [6, 6.07) is 18.3. The summed E-state index contributed by atoms with van der Waals surface area (Å²) in [5, 5.41) is 3.80. The predicted molar refractivity (Wildman–Crippen MR) is 132 cm³/mol. The molecule has 0 N–H and O–H groups in total. The van der Waals surface area contributed by atoms with Crippen LogP contribution in [-0.2, 0) is 0 Å². The largest absolute Gasteiger partial charge is 0.497 e. The maximum atomic E-state index is 13.2.